The van der Waals surface area contributed by atoms with Gasteiger partial charge in [0, 0.05) is 50.8 Å². The van der Waals surface area contributed by atoms with Crippen LogP contribution < -0.4 is 0 Å². The first kappa shape index (κ1) is 21.7. The van der Waals surface area contributed by atoms with Crippen LogP contribution in [-0.4, -0.2) is 51.8 Å². The summed E-state index contributed by atoms with van der Waals surface area (Å²) < 4.78 is 1.17. The van der Waals surface area contributed by atoms with Gasteiger partial charge < -0.3 is 4.90 Å². The summed E-state index contributed by atoms with van der Waals surface area (Å²) in [6, 6.07) is 14.9. The number of nitro groups is 1. The van der Waals surface area contributed by atoms with Crippen molar-refractivity contribution >= 4 is 33.1 Å². The molecule has 170 valence electrons. The predicted octanol–water partition coefficient (Wildman–Crippen LogP) is 4.60. The van der Waals surface area contributed by atoms with Gasteiger partial charge in [-0.25, -0.2) is 4.98 Å². The van der Waals surface area contributed by atoms with Crippen molar-refractivity contribution < 1.29 is 9.72 Å². The maximum atomic E-state index is 13.5. The summed E-state index contributed by atoms with van der Waals surface area (Å²) in [5, 5.41) is 12.1. The largest absolute Gasteiger partial charge is 0.340 e. The molecule has 0 radical (unpaired) electrons. The SMILES string of the molecule is O=C(C1CC=CCC1c1nc2ccccc2s1)N1CCN(Cc2cccc([N+](=O)[O-])c2)CC1. The van der Waals surface area contributed by atoms with E-state index in [1.807, 2.05) is 29.2 Å². The second kappa shape index (κ2) is 9.41. The minimum absolute atomic E-state index is 0.0705. The lowest BCUT2D eigenvalue weighted by Crippen LogP contribution is -2.50. The fourth-order valence-electron chi connectivity index (χ4n) is 4.80. The molecule has 3 aromatic rings. The van der Waals surface area contributed by atoms with Crippen LogP contribution in [0.15, 0.2) is 60.7 Å². The zero-order valence-corrected chi connectivity index (χ0v) is 19.1. The highest BCUT2D eigenvalue weighted by Gasteiger charge is 2.35. The summed E-state index contributed by atoms with van der Waals surface area (Å²) in [7, 11) is 0. The maximum Gasteiger partial charge on any atom is 0.269 e. The first-order chi connectivity index (χ1) is 16.1. The smallest absolute Gasteiger partial charge is 0.269 e. The lowest BCUT2D eigenvalue weighted by Gasteiger charge is -2.38. The van der Waals surface area contributed by atoms with Crippen LogP contribution in [0.3, 0.4) is 0 Å². The van der Waals surface area contributed by atoms with Gasteiger partial charge in [-0.2, -0.15) is 0 Å². The molecule has 0 N–H and O–H groups in total. The molecule has 1 aliphatic carbocycles. The van der Waals surface area contributed by atoms with Crippen molar-refractivity contribution in [2.75, 3.05) is 26.2 Å². The van der Waals surface area contributed by atoms with Gasteiger partial charge in [-0.15, -0.1) is 11.3 Å². The number of aromatic nitrogens is 1. The van der Waals surface area contributed by atoms with Gasteiger partial charge in [-0.3, -0.25) is 19.8 Å². The molecule has 0 saturated carbocycles. The molecule has 8 heteroatoms. The lowest BCUT2D eigenvalue weighted by molar-refractivity contribution is -0.384. The number of nitro benzene ring substituents is 1. The minimum atomic E-state index is -0.361. The first-order valence-corrected chi connectivity index (χ1v) is 12.1. The molecule has 33 heavy (non-hydrogen) atoms. The average Bonchev–Trinajstić information content (AvgIpc) is 3.28. The Hall–Kier alpha value is -3.10. The number of piperazine rings is 1. The van der Waals surface area contributed by atoms with E-state index >= 15 is 0 Å². The molecular weight excluding hydrogens is 436 g/mol. The van der Waals surface area contributed by atoms with Crippen molar-refractivity contribution in [3.05, 3.63) is 81.4 Å². The third kappa shape index (κ3) is 4.67. The Labute approximate surface area is 196 Å². The van der Waals surface area contributed by atoms with Crippen molar-refractivity contribution in [1.82, 2.24) is 14.8 Å². The third-order valence-corrected chi connectivity index (χ3v) is 7.76. The summed E-state index contributed by atoms with van der Waals surface area (Å²) in [6.07, 6.45) is 5.92. The molecule has 1 amide bonds. The Morgan fingerprint density at radius 3 is 2.64 bits per heavy atom. The topological polar surface area (TPSA) is 79.6 Å². The zero-order valence-electron chi connectivity index (χ0n) is 18.3. The molecule has 2 aromatic carbocycles. The van der Waals surface area contributed by atoms with Gasteiger partial charge in [-0.05, 0) is 30.5 Å². The molecule has 1 fully saturated rings. The summed E-state index contributed by atoms with van der Waals surface area (Å²) in [6.45, 7) is 3.55. The van der Waals surface area contributed by atoms with E-state index in [1.165, 1.54) is 10.8 Å². The highest BCUT2D eigenvalue weighted by Crippen LogP contribution is 2.39. The zero-order chi connectivity index (χ0) is 22.8. The number of nitrogens with zero attached hydrogens (tertiary/aromatic N) is 4. The Balaban J connectivity index is 1.23. The van der Waals surface area contributed by atoms with Crippen LogP contribution in [-0.2, 0) is 11.3 Å². The van der Waals surface area contributed by atoms with Crippen molar-refractivity contribution in [2.45, 2.75) is 25.3 Å². The summed E-state index contributed by atoms with van der Waals surface area (Å²) in [4.78, 5) is 33.3. The fourth-order valence-corrected chi connectivity index (χ4v) is 5.94. The monoisotopic (exact) mass is 462 g/mol. The predicted molar refractivity (Wildman–Crippen MR) is 129 cm³/mol. The van der Waals surface area contributed by atoms with Crippen molar-refractivity contribution in [3.63, 3.8) is 0 Å². The summed E-state index contributed by atoms with van der Waals surface area (Å²) in [5.41, 5.74) is 2.05. The maximum absolute atomic E-state index is 13.5. The van der Waals surface area contributed by atoms with E-state index in [4.69, 9.17) is 4.98 Å². The molecule has 2 heterocycles. The van der Waals surface area contributed by atoms with Crippen LogP contribution in [0.4, 0.5) is 5.69 Å². The molecule has 2 unspecified atom stereocenters. The van der Waals surface area contributed by atoms with E-state index < -0.39 is 0 Å². The number of benzene rings is 2. The van der Waals surface area contributed by atoms with E-state index in [0.29, 0.717) is 19.6 Å². The molecular formula is C25H26N4O3S. The number of rotatable bonds is 5. The Morgan fingerprint density at radius 1 is 1.06 bits per heavy atom. The second-order valence-corrected chi connectivity index (χ2v) is 9.77. The fraction of sp³-hybridized carbons (Fsp3) is 0.360. The van der Waals surface area contributed by atoms with Gasteiger partial charge in [0.25, 0.3) is 5.69 Å². The molecule has 1 aromatic heterocycles. The van der Waals surface area contributed by atoms with Crippen LogP contribution in [0.1, 0.15) is 29.3 Å². The molecule has 7 nitrogen and oxygen atoms in total. The van der Waals surface area contributed by atoms with Gasteiger partial charge >= 0.3 is 0 Å². The molecule has 2 aliphatic rings. The molecule has 5 rings (SSSR count). The number of hydrogen-bond acceptors (Lipinski definition) is 6. The molecule has 2 atom stereocenters. The van der Waals surface area contributed by atoms with Crippen molar-refractivity contribution in [1.29, 1.82) is 0 Å². The Morgan fingerprint density at radius 2 is 1.85 bits per heavy atom. The van der Waals surface area contributed by atoms with Crippen LogP contribution in [0, 0.1) is 16.0 Å². The van der Waals surface area contributed by atoms with E-state index in [-0.39, 0.29) is 28.4 Å². The minimum Gasteiger partial charge on any atom is -0.340 e. The molecule has 1 aliphatic heterocycles. The molecule has 1 saturated heterocycles. The van der Waals surface area contributed by atoms with Gasteiger partial charge in [0.1, 0.15) is 0 Å². The lowest BCUT2D eigenvalue weighted by atomic mass is 9.82. The highest BCUT2D eigenvalue weighted by atomic mass is 32.1. The highest BCUT2D eigenvalue weighted by molar-refractivity contribution is 7.18. The standard InChI is InChI=1S/C25H26N4O3S/c30-25(21-9-2-1-8-20(21)24-26-22-10-3-4-11-23(22)33-24)28-14-12-27(13-15-28)17-18-6-5-7-19(16-18)29(31)32/h1-7,10-11,16,20-21H,8-9,12-15,17H2. The van der Waals surface area contributed by atoms with Crippen LogP contribution in [0.2, 0.25) is 0 Å². The van der Waals surface area contributed by atoms with Crippen LogP contribution in [0.5, 0.6) is 0 Å². The number of allylic oxidation sites excluding steroid dienone is 2. The van der Waals surface area contributed by atoms with Crippen molar-refractivity contribution in [3.8, 4) is 0 Å². The van der Waals surface area contributed by atoms with Crippen LogP contribution in [0.25, 0.3) is 10.2 Å². The van der Waals surface area contributed by atoms with Gasteiger partial charge in [-0.1, -0.05) is 36.4 Å². The molecule has 0 bridgehead atoms. The van der Waals surface area contributed by atoms with E-state index in [2.05, 4.69) is 23.1 Å². The van der Waals surface area contributed by atoms with Gasteiger partial charge in [0.05, 0.1) is 26.1 Å². The Bertz CT molecular complexity index is 1170. The van der Waals surface area contributed by atoms with Crippen molar-refractivity contribution in [2.24, 2.45) is 5.92 Å². The molecule has 0 spiro atoms. The number of para-hydroxylation sites is 1. The van der Waals surface area contributed by atoms with Gasteiger partial charge in [0.2, 0.25) is 5.91 Å². The number of amides is 1. The van der Waals surface area contributed by atoms with E-state index in [1.54, 1.807) is 23.5 Å². The Kier molecular flexibility index (Phi) is 6.20. The van der Waals surface area contributed by atoms with Crippen LogP contribution >= 0.6 is 11.3 Å². The summed E-state index contributed by atoms with van der Waals surface area (Å²) >= 11 is 1.70. The number of fused-ring (bicyclic) bond motifs is 1. The average molecular weight is 463 g/mol. The second-order valence-electron chi connectivity index (χ2n) is 8.70. The number of hydrogen-bond donors (Lipinski definition) is 0. The number of carbonyl (C=O) groups excluding carboxylic acids is 1. The number of thiazole rings is 1. The number of non-ortho nitro benzene ring substituents is 1. The van der Waals surface area contributed by atoms with E-state index in [0.717, 1.165) is 42.0 Å². The van der Waals surface area contributed by atoms with Gasteiger partial charge in [0.15, 0.2) is 0 Å². The third-order valence-electron chi connectivity index (χ3n) is 6.59. The van der Waals surface area contributed by atoms with E-state index in [9.17, 15) is 14.9 Å². The quantitative estimate of drug-likeness (QED) is 0.315. The first-order valence-electron chi connectivity index (χ1n) is 11.3. The number of carbonyl (C=O) groups is 1. The normalized spacial score (nSPS) is 21.4. The summed E-state index contributed by atoms with van der Waals surface area (Å²) in [5.74, 6) is 0.278.